The molecule has 0 aliphatic carbocycles. The highest BCUT2D eigenvalue weighted by Gasteiger charge is 2.08. The standard InChI is InChI=1S/C20H22N6O2/c1-13-11-18(22-10-9-21-14(2)27)25-19(23-13)26-20(28)24-17-8-7-15-5-3-4-6-16(15)12-17/h3-8,11-12H,9-10H2,1-2H3,(H,21,27)(H3,22,23,24,25,26,28). The summed E-state index contributed by atoms with van der Waals surface area (Å²) in [4.78, 5) is 31.7. The minimum atomic E-state index is -0.426. The third-order valence-electron chi connectivity index (χ3n) is 3.89. The predicted octanol–water partition coefficient (Wildman–Crippen LogP) is 3.13. The first-order valence-electron chi connectivity index (χ1n) is 8.90. The van der Waals surface area contributed by atoms with Crippen molar-refractivity contribution in [3.05, 3.63) is 54.2 Å². The summed E-state index contributed by atoms with van der Waals surface area (Å²) in [5, 5.41) is 13.4. The minimum absolute atomic E-state index is 0.0895. The molecular formula is C20H22N6O2. The third-order valence-corrected chi connectivity index (χ3v) is 3.89. The van der Waals surface area contributed by atoms with Crippen LogP contribution in [0.5, 0.6) is 0 Å². The lowest BCUT2D eigenvalue weighted by atomic mass is 10.1. The normalized spacial score (nSPS) is 10.4. The quantitative estimate of drug-likeness (QED) is 0.493. The molecule has 28 heavy (non-hydrogen) atoms. The van der Waals surface area contributed by atoms with Crippen LogP contribution in [0.15, 0.2) is 48.5 Å². The number of amides is 3. The van der Waals surface area contributed by atoms with Gasteiger partial charge < -0.3 is 16.0 Å². The number of anilines is 3. The van der Waals surface area contributed by atoms with Crippen LogP contribution in [0.1, 0.15) is 12.6 Å². The van der Waals surface area contributed by atoms with Crippen LogP contribution >= 0.6 is 0 Å². The van der Waals surface area contributed by atoms with Crippen molar-refractivity contribution < 1.29 is 9.59 Å². The molecule has 3 amide bonds. The largest absolute Gasteiger partial charge is 0.368 e. The molecule has 1 heterocycles. The summed E-state index contributed by atoms with van der Waals surface area (Å²) in [6.45, 7) is 4.26. The molecule has 0 aliphatic rings. The summed E-state index contributed by atoms with van der Waals surface area (Å²) in [6.07, 6.45) is 0. The molecular weight excluding hydrogens is 356 g/mol. The molecule has 0 radical (unpaired) electrons. The average molecular weight is 378 g/mol. The van der Waals surface area contributed by atoms with Crippen molar-refractivity contribution in [1.29, 1.82) is 0 Å². The van der Waals surface area contributed by atoms with Gasteiger partial charge >= 0.3 is 6.03 Å². The Labute approximate surface area is 162 Å². The van der Waals surface area contributed by atoms with E-state index in [1.807, 2.05) is 49.4 Å². The van der Waals surface area contributed by atoms with Crippen molar-refractivity contribution in [3.63, 3.8) is 0 Å². The zero-order valence-electron chi connectivity index (χ0n) is 15.7. The lowest BCUT2D eigenvalue weighted by Gasteiger charge is -2.10. The zero-order valence-corrected chi connectivity index (χ0v) is 15.7. The molecule has 2 aromatic carbocycles. The van der Waals surface area contributed by atoms with Gasteiger partial charge in [0.1, 0.15) is 5.82 Å². The first kappa shape index (κ1) is 19.1. The van der Waals surface area contributed by atoms with E-state index in [-0.39, 0.29) is 11.9 Å². The maximum Gasteiger partial charge on any atom is 0.326 e. The van der Waals surface area contributed by atoms with Gasteiger partial charge in [-0.15, -0.1) is 0 Å². The van der Waals surface area contributed by atoms with E-state index in [2.05, 4.69) is 31.2 Å². The molecule has 1 aromatic heterocycles. The lowest BCUT2D eigenvalue weighted by molar-refractivity contribution is -0.118. The van der Waals surface area contributed by atoms with Crippen molar-refractivity contribution in [2.24, 2.45) is 0 Å². The van der Waals surface area contributed by atoms with Crippen molar-refractivity contribution in [2.75, 3.05) is 29.0 Å². The number of fused-ring (bicyclic) bond motifs is 1. The molecule has 0 saturated heterocycles. The van der Waals surface area contributed by atoms with E-state index in [1.165, 1.54) is 6.92 Å². The number of carbonyl (C=O) groups is 2. The van der Waals surface area contributed by atoms with Gasteiger partial charge in [-0.25, -0.2) is 9.78 Å². The Balaban J connectivity index is 1.61. The molecule has 8 heteroatoms. The van der Waals surface area contributed by atoms with Gasteiger partial charge in [-0.1, -0.05) is 30.3 Å². The van der Waals surface area contributed by atoms with Gasteiger partial charge in [0.05, 0.1) is 0 Å². The van der Waals surface area contributed by atoms with Gasteiger partial charge in [-0.05, 0) is 29.8 Å². The predicted molar refractivity (Wildman–Crippen MR) is 111 cm³/mol. The first-order chi connectivity index (χ1) is 13.5. The summed E-state index contributed by atoms with van der Waals surface area (Å²) in [5.74, 6) is 0.674. The highest BCUT2D eigenvalue weighted by atomic mass is 16.2. The number of nitrogens with zero attached hydrogens (tertiary/aromatic N) is 2. The highest BCUT2D eigenvalue weighted by molar-refractivity contribution is 6.00. The van der Waals surface area contributed by atoms with Gasteiger partial charge in [0, 0.05) is 37.5 Å². The molecule has 3 rings (SSSR count). The van der Waals surface area contributed by atoms with Crippen LogP contribution in [-0.2, 0) is 4.79 Å². The van der Waals surface area contributed by atoms with Crippen LogP contribution in [0.4, 0.5) is 22.2 Å². The van der Waals surface area contributed by atoms with E-state index >= 15 is 0 Å². The second-order valence-electron chi connectivity index (χ2n) is 6.27. The Hall–Kier alpha value is -3.68. The van der Waals surface area contributed by atoms with Gasteiger partial charge in [0.15, 0.2) is 0 Å². The summed E-state index contributed by atoms with van der Waals surface area (Å²) in [7, 11) is 0. The SMILES string of the molecule is CC(=O)NCCNc1cc(C)nc(NC(=O)Nc2ccc3ccccc3c2)n1. The van der Waals surface area contributed by atoms with Crippen LogP contribution in [-0.4, -0.2) is 35.0 Å². The van der Waals surface area contributed by atoms with Gasteiger partial charge in [-0.3, -0.25) is 10.1 Å². The van der Waals surface area contributed by atoms with Crippen LogP contribution in [0.3, 0.4) is 0 Å². The molecule has 0 aliphatic heterocycles. The maximum absolute atomic E-state index is 12.3. The number of benzene rings is 2. The summed E-state index contributed by atoms with van der Waals surface area (Å²) in [5.41, 5.74) is 1.38. The first-order valence-corrected chi connectivity index (χ1v) is 8.90. The van der Waals surface area contributed by atoms with Crippen LogP contribution in [0, 0.1) is 6.92 Å². The number of carbonyl (C=O) groups excluding carboxylic acids is 2. The number of aryl methyl sites for hydroxylation is 1. The Morgan fingerprint density at radius 3 is 2.50 bits per heavy atom. The second kappa shape index (κ2) is 8.81. The van der Waals surface area contributed by atoms with E-state index < -0.39 is 6.03 Å². The van der Waals surface area contributed by atoms with Gasteiger partial charge in [0.2, 0.25) is 11.9 Å². The van der Waals surface area contributed by atoms with Gasteiger partial charge in [0.25, 0.3) is 0 Å². The Kier molecular flexibility index (Phi) is 6.01. The number of urea groups is 1. The molecule has 144 valence electrons. The topological polar surface area (TPSA) is 108 Å². The number of hydrogen-bond acceptors (Lipinski definition) is 5. The monoisotopic (exact) mass is 378 g/mol. The van der Waals surface area contributed by atoms with Crippen LogP contribution < -0.4 is 21.3 Å². The van der Waals surface area contributed by atoms with Crippen LogP contribution in [0.2, 0.25) is 0 Å². The van der Waals surface area contributed by atoms with Crippen molar-refractivity contribution in [3.8, 4) is 0 Å². The summed E-state index contributed by atoms with van der Waals surface area (Å²) >= 11 is 0. The Morgan fingerprint density at radius 1 is 0.929 bits per heavy atom. The number of aromatic nitrogens is 2. The van der Waals surface area contributed by atoms with Crippen molar-refractivity contribution in [1.82, 2.24) is 15.3 Å². The van der Waals surface area contributed by atoms with Crippen LogP contribution in [0.25, 0.3) is 10.8 Å². The lowest BCUT2D eigenvalue weighted by Crippen LogP contribution is -2.26. The van der Waals surface area contributed by atoms with E-state index in [9.17, 15) is 9.59 Å². The maximum atomic E-state index is 12.3. The fourth-order valence-electron chi connectivity index (χ4n) is 2.68. The van der Waals surface area contributed by atoms with Gasteiger partial charge in [-0.2, -0.15) is 4.98 Å². The molecule has 3 aromatic rings. The number of hydrogen-bond donors (Lipinski definition) is 4. The second-order valence-corrected chi connectivity index (χ2v) is 6.27. The van der Waals surface area contributed by atoms with E-state index in [0.717, 1.165) is 10.8 Å². The third kappa shape index (κ3) is 5.41. The fourth-order valence-corrected chi connectivity index (χ4v) is 2.68. The van der Waals surface area contributed by atoms with Crippen molar-refractivity contribution >= 4 is 40.2 Å². The molecule has 4 N–H and O–H groups in total. The average Bonchev–Trinajstić information content (AvgIpc) is 2.64. The van der Waals surface area contributed by atoms with E-state index in [1.54, 1.807) is 6.07 Å². The Morgan fingerprint density at radius 2 is 1.71 bits per heavy atom. The Bertz CT molecular complexity index is 1000. The minimum Gasteiger partial charge on any atom is -0.368 e. The van der Waals surface area contributed by atoms with Crippen molar-refractivity contribution in [2.45, 2.75) is 13.8 Å². The smallest absolute Gasteiger partial charge is 0.326 e. The van der Waals surface area contributed by atoms with E-state index in [4.69, 9.17) is 0 Å². The van der Waals surface area contributed by atoms with E-state index in [0.29, 0.717) is 30.3 Å². The molecule has 0 spiro atoms. The highest BCUT2D eigenvalue weighted by Crippen LogP contribution is 2.19. The molecule has 0 bridgehead atoms. The molecule has 0 atom stereocenters. The molecule has 0 saturated carbocycles. The summed E-state index contributed by atoms with van der Waals surface area (Å²) in [6, 6.07) is 15.0. The number of nitrogens with one attached hydrogen (secondary N) is 4. The molecule has 0 unspecified atom stereocenters. The molecule has 8 nitrogen and oxygen atoms in total. The summed E-state index contributed by atoms with van der Waals surface area (Å²) < 4.78 is 0. The molecule has 0 fully saturated rings. The fraction of sp³-hybridized carbons (Fsp3) is 0.200. The number of rotatable bonds is 6. The zero-order chi connectivity index (χ0) is 19.9.